The number of thiazole rings is 1. The molecule has 138 valence electrons. The summed E-state index contributed by atoms with van der Waals surface area (Å²) in [5.41, 5.74) is 0.577. The molecular formula is C18H23N5O2S. The SMILES string of the molecule is O=C(Nc1ncc(C2CCNCC2)s1)c1cccnc1N1CCOCC1. The van der Waals surface area contributed by atoms with Gasteiger partial charge >= 0.3 is 0 Å². The second-order valence-electron chi connectivity index (χ2n) is 6.52. The van der Waals surface area contributed by atoms with Crippen LogP contribution in [0.25, 0.3) is 0 Å². The molecule has 0 unspecified atom stereocenters. The fourth-order valence-corrected chi connectivity index (χ4v) is 4.39. The van der Waals surface area contributed by atoms with Crippen molar-refractivity contribution in [3.63, 3.8) is 0 Å². The van der Waals surface area contributed by atoms with Gasteiger partial charge in [-0.25, -0.2) is 9.97 Å². The minimum atomic E-state index is -0.161. The summed E-state index contributed by atoms with van der Waals surface area (Å²) >= 11 is 1.58. The number of carbonyl (C=O) groups is 1. The first-order valence-electron chi connectivity index (χ1n) is 9.07. The van der Waals surface area contributed by atoms with E-state index in [1.54, 1.807) is 23.6 Å². The van der Waals surface area contributed by atoms with Crippen LogP contribution in [-0.4, -0.2) is 55.3 Å². The van der Waals surface area contributed by atoms with Crippen molar-refractivity contribution in [1.29, 1.82) is 0 Å². The number of rotatable bonds is 4. The molecule has 0 aliphatic carbocycles. The minimum absolute atomic E-state index is 0.161. The summed E-state index contributed by atoms with van der Waals surface area (Å²) in [5.74, 6) is 1.09. The highest BCUT2D eigenvalue weighted by atomic mass is 32.1. The van der Waals surface area contributed by atoms with E-state index in [1.165, 1.54) is 4.88 Å². The molecule has 4 rings (SSSR count). The van der Waals surface area contributed by atoms with E-state index in [9.17, 15) is 4.79 Å². The maximum atomic E-state index is 12.8. The largest absolute Gasteiger partial charge is 0.378 e. The standard InChI is InChI=1S/C18H23N5O2S/c24-17(14-2-1-5-20-16(14)23-8-10-25-11-9-23)22-18-21-12-15(26-18)13-3-6-19-7-4-13/h1-2,5,12-13,19H,3-4,6-11H2,(H,21,22,24). The number of nitrogens with zero attached hydrogens (tertiary/aromatic N) is 3. The Morgan fingerprint density at radius 3 is 2.88 bits per heavy atom. The Bertz CT molecular complexity index is 754. The van der Waals surface area contributed by atoms with Crippen molar-refractivity contribution in [3.05, 3.63) is 35.0 Å². The number of anilines is 2. The Morgan fingerprint density at radius 1 is 1.27 bits per heavy atom. The zero-order chi connectivity index (χ0) is 17.8. The zero-order valence-electron chi connectivity index (χ0n) is 14.6. The van der Waals surface area contributed by atoms with Crippen LogP contribution in [0.2, 0.25) is 0 Å². The maximum Gasteiger partial charge on any atom is 0.261 e. The van der Waals surface area contributed by atoms with E-state index in [0.29, 0.717) is 35.6 Å². The van der Waals surface area contributed by atoms with E-state index in [2.05, 4.69) is 25.5 Å². The molecule has 1 amide bonds. The third-order valence-corrected chi connectivity index (χ3v) is 5.90. The number of carbonyl (C=O) groups excluding carboxylic acids is 1. The fraction of sp³-hybridized carbons (Fsp3) is 0.500. The second-order valence-corrected chi connectivity index (χ2v) is 7.58. The highest BCUT2D eigenvalue weighted by Gasteiger charge is 2.22. The summed E-state index contributed by atoms with van der Waals surface area (Å²) in [6.07, 6.45) is 5.88. The number of ether oxygens (including phenoxy) is 1. The zero-order valence-corrected chi connectivity index (χ0v) is 15.4. The average molecular weight is 373 g/mol. The van der Waals surface area contributed by atoms with Gasteiger partial charge in [0.05, 0.1) is 18.8 Å². The lowest BCUT2D eigenvalue weighted by molar-refractivity contribution is 0.102. The first kappa shape index (κ1) is 17.4. The van der Waals surface area contributed by atoms with Gasteiger partial charge in [0.1, 0.15) is 5.82 Å². The Balaban J connectivity index is 1.47. The number of nitrogens with one attached hydrogen (secondary N) is 2. The van der Waals surface area contributed by atoms with Gasteiger partial charge in [-0.1, -0.05) is 0 Å². The molecule has 0 bridgehead atoms. The summed E-state index contributed by atoms with van der Waals surface area (Å²) in [4.78, 5) is 25.0. The second kappa shape index (κ2) is 8.11. The van der Waals surface area contributed by atoms with Crippen LogP contribution >= 0.6 is 11.3 Å². The molecule has 2 aromatic rings. The Kier molecular flexibility index (Phi) is 5.42. The lowest BCUT2D eigenvalue weighted by atomic mass is 9.97. The average Bonchev–Trinajstić information content (AvgIpc) is 3.18. The third-order valence-electron chi connectivity index (χ3n) is 4.83. The summed E-state index contributed by atoms with van der Waals surface area (Å²) in [6, 6.07) is 3.61. The molecular weight excluding hydrogens is 350 g/mol. The van der Waals surface area contributed by atoms with E-state index in [-0.39, 0.29) is 5.91 Å². The van der Waals surface area contributed by atoms with Crippen LogP contribution in [0.15, 0.2) is 24.5 Å². The summed E-state index contributed by atoms with van der Waals surface area (Å²) in [5, 5.41) is 6.98. The first-order chi connectivity index (χ1) is 12.8. The summed E-state index contributed by atoms with van der Waals surface area (Å²) in [7, 11) is 0. The highest BCUT2D eigenvalue weighted by Crippen LogP contribution is 2.32. The molecule has 0 radical (unpaired) electrons. The van der Waals surface area contributed by atoms with Crippen LogP contribution in [-0.2, 0) is 4.74 Å². The van der Waals surface area contributed by atoms with Crippen LogP contribution in [0.1, 0.15) is 34.0 Å². The highest BCUT2D eigenvalue weighted by molar-refractivity contribution is 7.15. The van der Waals surface area contributed by atoms with Gasteiger partial charge in [0.2, 0.25) is 0 Å². The predicted octanol–water partition coefficient (Wildman–Crippen LogP) is 2.09. The van der Waals surface area contributed by atoms with Crippen LogP contribution in [0.5, 0.6) is 0 Å². The van der Waals surface area contributed by atoms with E-state index < -0.39 is 0 Å². The summed E-state index contributed by atoms with van der Waals surface area (Å²) in [6.45, 7) is 4.89. The first-order valence-corrected chi connectivity index (χ1v) is 9.88. The van der Waals surface area contributed by atoms with Gasteiger partial charge < -0.3 is 15.0 Å². The molecule has 0 spiro atoms. The number of aromatic nitrogens is 2. The number of hydrogen-bond acceptors (Lipinski definition) is 7. The van der Waals surface area contributed by atoms with E-state index in [0.717, 1.165) is 39.0 Å². The predicted molar refractivity (Wildman–Crippen MR) is 102 cm³/mol. The van der Waals surface area contributed by atoms with E-state index in [4.69, 9.17) is 4.74 Å². The Labute approximate surface area is 156 Å². The van der Waals surface area contributed by atoms with Gasteiger partial charge in [-0.15, -0.1) is 11.3 Å². The number of morpholine rings is 1. The molecule has 0 saturated carbocycles. The molecule has 2 aromatic heterocycles. The molecule has 2 N–H and O–H groups in total. The van der Waals surface area contributed by atoms with Crippen molar-refractivity contribution in [1.82, 2.24) is 15.3 Å². The van der Waals surface area contributed by atoms with Gasteiger partial charge in [0.15, 0.2) is 5.13 Å². The van der Waals surface area contributed by atoms with Crippen molar-refractivity contribution < 1.29 is 9.53 Å². The monoisotopic (exact) mass is 373 g/mol. The number of hydrogen-bond donors (Lipinski definition) is 2. The van der Waals surface area contributed by atoms with Gasteiger partial charge in [0, 0.05) is 30.4 Å². The van der Waals surface area contributed by atoms with Crippen LogP contribution in [0.4, 0.5) is 10.9 Å². The quantitative estimate of drug-likeness (QED) is 0.854. The molecule has 0 aromatic carbocycles. The molecule has 7 nitrogen and oxygen atoms in total. The van der Waals surface area contributed by atoms with E-state index in [1.807, 2.05) is 12.3 Å². The van der Waals surface area contributed by atoms with Crippen LogP contribution in [0, 0.1) is 0 Å². The van der Waals surface area contributed by atoms with Crippen molar-refractivity contribution in [2.45, 2.75) is 18.8 Å². The number of amides is 1. The van der Waals surface area contributed by atoms with Crippen molar-refractivity contribution >= 4 is 28.2 Å². The Hall–Kier alpha value is -2.03. The molecule has 0 atom stereocenters. The Morgan fingerprint density at radius 2 is 2.08 bits per heavy atom. The smallest absolute Gasteiger partial charge is 0.261 e. The third kappa shape index (κ3) is 3.87. The van der Waals surface area contributed by atoms with E-state index >= 15 is 0 Å². The summed E-state index contributed by atoms with van der Waals surface area (Å²) < 4.78 is 5.39. The molecule has 8 heteroatoms. The van der Waals surface area contributed by atoms with Crippen molar-refractivity contribution in [3.8, 4) is 0 Å². The molecule has 2 saturated heterocycles. The van der Waals surface area contributed by atoms with Crippen LogP contribution < -0.4 is 15.5 Å². The van der Waals surface area contributed by atoms with Gasteiger partial charge in [0.25, 0.3) is 5.91 Å². The topological polar surface area (TPSA) is 79.4 Å². The lowest BCUT2D eigenvalue weighted by Crippen LogP contribution is -2.38. The van der Waals surface area contributed by atoms with Gasteiger partial charge in [-0.2, -0.15) is 0 Å². The molecule has 26 heavy (non-hydrogen) atoms. The maximum absolute atomic E-state index is 12.8. The lowest BCUT2D eigenvalue weighted by Gasteiger charge is -2.29. The fourth-order valence-electron chi connectivity index (χ4n) is 3.41. The van der Waals surface area contributed by atoms with Crippen molar-refractivity contribution in [2.75, 3.05) is 49.6 Å². The minimum Gasteiger partial charge on any atom is -0.378 e. The number of piperidine rings is 1. The van der Waals surface area contributed by atoms with Crippen LogP contribution in [0.3, 0.4) is 0 Å². The normalized spacial score (nSPS) is 18.7. The van der Waals surface area contributed by atoms with Crippen molar-refractivity contribution in [2.24, 2.45) is 0 Å². The van der Waals surface area contributed by atoms with Gasteiger partial charge in [-0.3, -0.25) is 10.1 Å². The number of pyridine rings is 1. The van der Waals surface area contributed by atoms with Gasteiger partial charge in [-0.05, 0) is 44.0 Å². The molecule has 2 aliphatic rings. The molecule has 2 aliphatic heterocycles. The molecule has 4 heterocycles. The molecule has 2 fully saturated rings.